The molecule has 0 aliphatic rings. The average Bonchev–Trinajstić information content (AvgIpc) is 2.32. The quantitative estimate of drug-likeness (QED) is 0.453. The fraction of sp³-hybridized carbons (Fsp3) is 0.0769. The molecule has 0 spiro atoms. The van der Waals surface area contributed by atoms with Crippen LogP contribution in [0.5, 0.6) is 0 Å². The minimum atomic E-state index is -0.323. The van der Waals surface area contributed by atoms with E-state index in [9.17, 15) is 4.39 Å². The molecule has 0 saturated heterocycles. The summed E-state index contributed by atoms with van der Waals surface area (Å²) in [6, 6.07) is 10.4. The number of hydrogen-bond donors (Lipinski definition) is 0. The SMILES string of the molecule is Fc1cccc(Cl)c1C(Br)c1cc(Br)ccc1Br. The summed E-state index contributed by atoms with van der Waals surface area (Å²) in [5, 5.41) is 0.406. The Morgan fingerprint density at radius 3 is 2.50 bits per heavy atom. The van der Waals surface area contributed by atoms with Crippen molar-refractivity contribution in [3.05, 3.63) is 67.3 Å². The summed E-state index contributed by atoms with van der Waals surface area (Å²) in [4.78, 5) is -0.307. The zero-order valence-electron chi connectivity index (χ0n) is 8.93. The van der Waals surface area contributed by atoms with Crippen LogP contribution in [0.4, 0.5) is 4.39 Å². The molecule has 0 heterocycles. The van der Waals surface area contributed by atoms with Crippen LogP contribution in [0.25, 0.3) is 0 Å². The summed E-state index contributed by atoms with van der Waals surface area (Å²) in [5.74, 6) is -0.323. The van der Waals surface area contributed by atoms with Gasteiger partial charge in [0.2, 0.25) is 0 Å². The van der Waals surface area contributed by atoms with E-state index in [-0.39, 0.29) is 10.6 Å². The van der Waals surface area contributed by atoms with Gasteiger partial charge in [0.05, 0.1) is 4.83 Å². The smallest absolute Gasteiger partial charge is 0.129 e. The van der Waals surface area contributed by atoms with Gasteiger partial charge in [0.25, 0.3) is 0 Å². The summed E-state index contributed by atoms with van der Waals surface area (Å²) < 4.78 is 15.7. The van der Waals surface area contributed by atoms with Crippen LogP contribution in [0.15, 0.2) is 45.3 Å². The van der Waals surface area contributed by atoms with Gasteiger partial charge in [-0.2, -0.15) is 0 Å². The van der Waals surface area contributed by atoms with E-state index in [1.54, 1.807) is 12.1 Å². The number of benzene rings is 2. The standard InChI is InChI=1S/C13H7Br3ClF/c14-7-4-5-9(15)8(6-7)13(16)12-10(17)2-1-3-11(12)18/h1-6,13H. The van der Waals surface area contributed by atoms with Crippen LogP contribution < -0.4 is 0 Å². The molecule has 0 saturated carbocycles. The van der Waals surface area contributed by atoms with Gasteiger partial charge in [-0.05, 0) is 35.9 Å². The van der Waals surface area contributed by atoms with Crippen LogP contribution in [-0.2, 0) is 0 Å². The monoisotopic (exact) mass is 454 g/mol. The number of alkyl halides is 1. The van der Waals surface area contributed by atoms with E-state index in [1.807, 2.05) is 18.2 Å². The first-order valence-electron chi connectivity index (χ1n) is 5.03. The average molecular weight is 457 g/mol. The second kappa shape index (κ2) is 6.04. The Kier molecular flexibility index (Phi) is 4.86. The molecule has 0 fully saturated rings. The molecule has 2 aromatic carbocycles. The Morgan fingerprint density at radius 2 is 1.83 bits per heavy atom. The molecule has 1 atom stereocenters. The Morgan fingerprint density at radius 1 is 1.11 bits per heavy atom. The molecule has 5 heteroatoms. The third-order valence-corrected chi connectivity index (χ3v) is 4.98. The molecule has 0 bridgehead atoms. The molecule has 2 rings (SSSR count). The summed E-state index contributed by atoms with van der Waals surface area (Å²) in [6.07, 6.45) is 0. The van der Waals surface area contributed by atoms with Gasteiger partial charge in [0.15, 0.2) is 0 Å². The van der Waals surface area contributed by atoms with Gasteiger partial charge in [-0.15, -0.1) is 0 Å². The molecule has 18 heavy (non-hydrogen) atoms. The van der Waals surface area contributed by atoms with Crippen molar-refractivity contribution >= 4 is 59.4 Å². The van der Waals surface area contributed by atoms with Crippen molar-refractivity contribution in [2.45, 2.75) is 4.83 Å². The highest BCUT2D eigenvalue weighted by atomic mass is 79.9. The lowest BCUT2D eigenvalue weighted by atomic mass is 10.0. The Balaban J connectivity index is 2.54. The second-order valence-corrected chi connectivity index (χ2v) is 6.76. The zero-order chi connectivity index (χ0) is 13.3. The van der Waals surface area contributed by atoms with Crippen molar-refractivity contribution in [1.29, 1.82) is 0 Å². The van der Waals surface area contributed by atoms with E-state index in [4.69, 9.17) is 11.6 Å². The van der Waals surface area contributed by atoms with Gasteiger partial charge in [-0.25, -0.2) is 4.39 Å². The summed E-state index contributed by atoms with van der Waals surface area (Å²) in [6.45, 7) is 0. The van der Waals surface area contributed by atoms with Crippen LogP contribution in [0.1, 0.15) is 16.0 Å². The van der Waals surface area contributed by atoms with E-state index >= 15 is 0 Å². The molecular weight excluding hydrogens is 450 g/mol. The molecule has 0 radical (unpaired) electrons. The summed E-state index contributed by atoms with van der Waals surface area (Å²) >= 11 is 16.4. The minimum Gasteiger partial charge on any atom is -0.207 e. The van der Waals surface area contributed by atoms with E-state index in [0.29, 0.717) is 10.6 Å². The first-order chi connectivity index (χ1) is 8.50. The molecule has 2 aromatic rings. The van der Waals surface area contributed by atoms with Crippen LogP contribution in [0.3, 0.4) is 0 Å². The third-order valence-electron chi connectivity index (χ3n) is 2.48. The summed E-state index contributed by atoms with van der Waals surface area (Å²) in [7, 11) is 0. The molecule has 0 nitrogen and oxygen atoms in total. The van der Waals surface area contributed by atoms with Crippen LogP contribution >= 0.6 is 59.4 Å². The molecule has 94 valence electrons. The van der Waals surface area contributed by atoms with E-state index in [2.05, 4.69) is 47.8 Å². The number of rotatable bonds is 2. The second-order valence-electron chi connectivity index (χ2n) is 3.66. The molecule has 0 amide bonds. The molecule has 0 N–H and O–H groups in total. The maximum absolute atomic E-state index is 13.9. The fourth-order valence-corrected chi connectivity index (χ4v) is 4.03. The van der Waals surface area contributed by atoms with Gasteiger partial charge >= 0.3 is 0 Å². The lowest BCUT2D eigenvalue weighted by Crippen LogP contribution is -1.99. The molecule has 0 aliphatic carbocycles. The number of hydrogen-bond acceptors (Lipinski definition) is 0. The first-order valence-corrected chi connectivity index (χ1v) is 7.91. The minimum absolute atomic E-state index is 0.307. The van der Waals surface area contributed by atoms with Crippen molar-refractivity contribution in [3.63, 3.8) is 0 Å². The third kappa shape index (κ3) is 2.98. The molecular formula is C13H7Br3ClF. The van der Waals surface area contributed by atoms with Gasteiger partial charge in [-0.3, -0.25) is 0 Å². The van der Waals surface area contributed by atoms with Crippen LogP contribution in [0, 0.1) is 5.82 Å². The number of halogens is 5. The van der Waals surface area contributed by atoms with E-state index in [0.717, 1.165) is 14.5 Å². The van der Waals surface area contributed by atoms with Crippen molar-refractivity contribution in [3.8, 4) is 0 Å². The molecule has 0 aromatic heterocycles. The Labute approximate surface area is 135 Å². The van der Waals surface area contributed by atoms with Gasteiger partial charge in [-0.1, -0.05) is 65.5 Å². The Hall–Kier alpha value is 0.1000. The maximum Gasteiger partial charge on any atom is 0.129 e. The lowest BCUT2D eigenvalue weighted by molar-refractivity contribution is 0.613. The van der Waals surface area contributed by atoms with Crippen molar-refractivity contribution < 1.29 is 4.39 Å². The van der Waals surface area contributed by atoms with Gasteiger partial charge in [0, 0.05) is 19.5 Å². The molecule has 0 aliphatic heterocycles. The van der Waals surface area contributed by atoms with Crippen molar-refractivity contribution in [2.75, 3.05) is 0 Å². The highest BCUT2D eigenvalue weighted by molar-refractivity contribution is 9.11. The van der Waals surface area contributed by atoms with Crippen LogP contribution in [0.2, 0.25) is 5.02 Å². The van der Waals surface area contributed by atoms with Crippen molar-refractivity contribution in [2.24, 2.45) is 0 Å². The zero-order valence-corrected chi connectivity index (χ0v) is 14.4. The highest BCUT2D eigenvalue weighted by Crippen LogP contribution is 2.40. The topological polar surface area (TPSA) is 0 Å². The van der Waals surface area contributed by atoms with Crippen LogP contribution in [-0.4, -0.2) is 0 Å². The molecule has 1 unspecified atom stereocenters. The van der Waals surface area contributed by atoms with Gasteiger partial charge in [0.1, 0.15) is 5.82 Å². The normalized spacial score (nSPS) is 12.5. The lowest BCUT2D eigenvalue weighted by Gasteiger charge is -2.15. The van der Waals surface area contributed by atoms with E-state index < -0.39 is 0 Å². The van der Waals surface area contributed by atoms with E-state index in [1.165, 1.54) is 6.07 Å². The summed E-state index contributed by atoms with van der Waals surface area (Å²) in [5.41, 5.74) is 1.36. The van der Waals surface area contributed by atoms with Gasteiger partial charge < -0.3 is 0 Å². The largest absolute Gasteiger partial charge is 0.207 e. The predicted octanol–water partition coefficient (Wildman–Crippen LogP) is 6.49. The first kappa shape index (κ1) is 14.5. The maximum atomic E-state index is 13.9. The highest BCUT2D eigenvalue weighted by Gasteiger charge is 2.20. The predicted molar refractivity (Wildman–Crippen MR) is 84.0 cm³/mol. The Bertz CT molecular complexity index is 566. The fourth-order valence-electron chi connectivity index (χ4n) is 1.62. The van der Waals surface area contributed by atoms with Crippen molar-refractivity contribution in [1.82, 2.24) is 0 Å².